The van der Waals surface area contributed by atoms with E-state index >= 15 is 0 Å². The molecule has 1 atom stereocenters. The summed E-state index contributed by atoms with van der Waals surface area (Å²) >= 11 is 3.01. The van der Waals surface area contributed by atoms with Crippen molar-refractivity contribution < 1.29 is 9.50 Å². The molecule has 0 aliphatic rings. The van der Waals surface area contributed by atoms with Gasteiger partial charge in [0.05, 0.1) is 4.47 Å². The SMILES string of the molecule is CC(N)c1cc(Br)c(F)cc1O. The van der Waals surface area contributed by atoms with Crippen molar-refractivity contribution in [2.24, 2.45) is 5.73 Å². The Morgan fingerprint density at radius 1 is 1.58 bits per heavy atom. The average molecular weight is 234 g/mol. The molecule has 1 unspecified atom stereocenters. The quantitative estimate of drug-likeness (QED) is 0.783. The number of nitrogens with two attached hydrogens (primary N) is 1. The summed E-state index contributed by atoms with van der Waals surface area (Å²) in [6.45, 7) is 1.72. The number of hydrogen-bond acceptors (Lipinski definition) is 2. The molecule has 66 valence electrons. The van der Waals surface area contributed by atoms with Crippen LogP contribution in [0, 0.1) is 5.82 Å². The zero-order valence-electron chi connectivity index (χ0n) is 6.51. The molecule has 0 aliphatic carbocycles. The molecule has 1 rings (SSSR count). The lowest BCUT2D eigenvalue weighted by Crippen LogP contribution is -2.05. The third-order valence-corrected chi connectivity index (χ3v) is 2.17. The lowest BCUT2D eigenvalue weighted by molar-refractivity contribution is 0.457. The lowest BCUT2D eigenvalue weighted by atomic mass is 10.1. The van der Waals surface area contributed by atoms with E-state index in [1.807, 2.05) is 0 Å². The predicted molar refractivity (Wildman–Crippen MR) is 48.4 cm³/mol. The van der Waals surface area contributed by atoms with E-state index in [4.69, 9.17) is 5.73 Å². The second-order valence-corrected chi connectivity index (χ2v) is 3.47. The van der Waals surface area contributed by atoms with E-state index in [1.165, 1.54) is 6.07 Å². The van der Waals surface area contributed by atoms with Crippen LogP contribution >= 0.6 is 15.9 Å². The number of benzene rings is 1. The standard InChI is InChI=1S/C8H9BrFNO/c1-4(11)5-2-6(9)7(10)3-8(5)12/h2-4,12H,11H2,1H3. The molecular formula is C8H9BrFNO. The highest BCUT2D eigenvalue weighted by Gasteiger charge is 2.09. The van der Waals surface area contributed by atoms with Crippen molar-refractivity contribution in [3.63, 3.8) is 0 Å². The fourth-order valence-corrected chi connectivity index (χ4v) is 1.28. The summed E-state index contributed by atoms with van der Waals surface area (Å²) < 4.78 is 13.1. The first kappa shape index (κ1) is 9.48. The fraction of sp³-hybridized carbons (Fsp3) is 0.250. The highest BCUT2D eigenvalue weighted by Crippen LogP contribution is 2.28. The van der Waals surface area contributed by atoms with Crippen molar-refractivity contribution in [1.82, 2.24) is 0 Å². The van der Waals surface area contributed by atoms with Crippen LogP contribution in [0.3, 0.4) is 0 Å². The molecule has 0 saturated heterocycles. The lowest BCUT2D eigenvalue weighted by Gasteiger charge is -2.08. The Morgan fingerprint density at radius 3 is 2.67 bits per heavy atom. The van der Waals surface area contributed by atoms with Gasteiger partial charge in [0.2, 0.25) is 0 Å². The average Bonchev–Trinajstić information content (AvgIpc) is 1.96. The Balaban J connectivity index is 3.23. The van der Waals surface area contributed by atoms with E-state index in [-0.39, 0.29) is 11.8 Å². The first-order chi connectivity index (χ1) is 5.52. The molecule has 0 saturated carbocycles. The van der Waals surface area contributed by atoms with Gasteiger partial charge in [-0.05, 0) is 28.9 Å². The van der Waals surface area contributed by atoms with E-state index in [1.54, 1.807) is 6.92 Å². The highest BCUT2D eigenvalue weighted by molar-refractivity contribution is 9.10. The molecule has 0 amide bonds. The van der Waals surface area contributed by atoms with Crippen LogP contribution in [0.4, 0.5) is 4.39 Å². The van der Waals surface area contributed by atoms with Gasteiger partial charge in [-0.15, -0.1) is 0 Å². The van der Waals surface area contributed by atoms with Crippen LogP contribution in [0.5, 0.6) is 5.75 Å². The zero-order chi connectivity index (χ0) is 9.30. The Morgan fingerprint density at radius 2 is 2.17 bits per heavy atom. The first-order valence-electron chi connectivity index (χ1n) is 3.46. The van der Waals surface area contributed by atoms with Crippen molar-refractivity contribution in [1.29, 1.82) is 0 Å². The van der Waals surface area contributed by atoms with Gasteiger partial charge < -0.3 is 10.8 Å². The van der Waals surface area contributed by atoms with Crippen LogP contribution < -0.4 is 5.73 Å². The molecule has 12 heavy (non-hydrogen) atoms. The molecule has 0 bridgehead atoms. The maximum atomic E-state index is 12.8. The van der Waals surface area contributed by atoms with Gasteiger partial charge in [0.25, 0.3) is 0 Å². The molecule has 0 radical (unpaired) electrons. The minimum Gasteiger partial charge on any atom is -0.508 e. The Hall–Kier alpha value is -0.610. The van der Waals surface area contributed by atoms with Crippen molar-refractivity contribution in [3.05, 3.63) is 28.0 Å². The second kappa shape index (κ2) is 3.41. The number of rotatable bonds is 1. The monoisotopic (exact) mass is 233 g/mol. The summed E-state index contributed by atoms with van der Waals surface area (Å²) in [6.07, 6.45) is 0. The molecule has 0 aliphatic heterocycles. The van der Waals surface area contributed by atoms with Crippen molar-refractivity contribution in [3.8, 4) is 5.75 Å². The molecule has 0 spiro atoms. The molecule has 1 aromatic carbocycles. The van der Waals surface area contributed by atoms with Crippen molar-refractivity contribution in [2.45, 2.75) is 13.0 Å². The first-order valence-corrected chi connectivity index (χ1v) is 4.25. The zero-order valence-corrected chi connectivity index (χ0v) is 8.10. The minimum absolute atomic E-state index is 0.106. The van der Waals surface area contributed by atoms with Crippen LogP contribution in [0.1, 0.15) is 18.5 Å². The van der Waals surface area contributed by atoms with E-state index in [0.29, 0.717) is 10.0 Å². The van der Waals surface area contributed by atoms with Crippen LogP contribution in [0.25, 0.3) is 0 Å². The Bertz CT molecular complexity index is 301. The number of aromatic hydroxyl groups is 1. The predicted octanol–water partition coefficient (Wildman–Crippen LogP) is 2.31. The maximum Gasteiger partial charge on any atom is 0.141 e. The van der Waals surface area contributed by atoms with Crippen LogP contribution in [-0.4, -0.2) is 5.11 Å². The normalized spacial score (nSPS) is 13.0. The summed E-state index contributed by atoms with van der Waals surface area (Å²) in [6, 6.07) is 2.22. The third kappa shape index (κ3) is 1.76. The van der Waals surface area contributed by atoms with E-state index in [2.05, 4.69) is 15.9 Å². The Labute approximate surface area is 78.3 Å². The topological polar surface area (TPSA) is 46.2 Å². The molecule has 1 aromatic rings. The molecule has 4 heteroatoms. The maximum absolute atomic E-state index is 12.8. The van der Waals surface area contributed by atoms with E-state index < -0.39 is 5.82 Å². The molecular weight excluding hydrogens is 225 g/mol. The number of phenols is 1. The third-order valence-electron chi connectivity index (χ3n) is 1.56. The smallest absolute Gasteiger partial charge is 0.141 e. The number of phenolic OH excluding ortho intramolecular Hbond substituents is 1. The van der Waals surface area contributed by atoms with Crippen molar-refractivity contribution in [2.75, 3.05) is 0 Å². The van der Waals surface area contributed by atoms with Gasteiger partial charge in [0, 0.05) is 17.7 Å². The van der Waals surface area contributed by atoms with Gasteiger partial charge in [0.15, 0.2) is 0 Å². The number of hydrogen-bond donors (Lipinski definition) is 2. The van der Waals surface area contributed by atoms with E-state index in [9.17, 15) is 9.50 Å². The largest absolute Gasteiger partial charge is 0.508 e. The van der Waals surface area contributed by atoms with Crippen LogP contribution in [0.2, 0.25) is 0 Å². The molecule has 0 aromatic heterocycles. The molecule has 2 nitrogen and oxygen atoms in total. The number of halogens is 2. The molecule has 0 heterocycles. The van der Waals surface area contributed by atoms with Crippen LogP contribution in [-0.2, 0) is 0 Å². The van der Waals surface area contributed by atoms with Gasteiger partial charge in [0.1, 0.15) is 11.6 Å². The van der Waals surface area contributed by atoms with Gasteiger partial charge in [-0.2, -0.15) is 0 Å². The summed E-state index contributed by atoms with van der Waals surface area (Å²) in [4.78, 5) is 0. The highest BCUT2D eigenvalue weighted by atomic mass is 79.9. The van der Waals surface area contributed by atoms with Crippen LogP contribution in [0.15, 0.2) is 16.6 Å². The van der Waals surface area contributed by atoms with E-state index in [0.717, 1.165) is 6.07 Å². The molecule has 3 N–H and O–H groups in total. The summed E-state index contributed by atoms with van der Waals surface area (Å²) in [5, 5.41) is 9.25. The summed E-state index contributed by atoms with van der Waals surface area (Å²) in [7, 11) is 0. The second-order valence-electron chi connectivity index (χ2n) is 2.61. The molecule has 0 fully saturated rings. The summed E-state index contributed by atoms with van der Waals surface area (Å²) in [5.74, 6) is -0.595. The minimum atomic E-state index is -0.489. The van der Waals surface area contributed by atoms with Gasteiger partial charge in [-0.25, -0.2) is 4.39 Å². The van der Waals surface area contributed by atoms with Gasteiger partial charge in [-0.1, -0.05) is 0 Å². The van der Waals surface area contributed by atoms with Gasteiger partial charge in [-0.3, -0.25) is 0 Å². The fourth-order valence-electron chi connectivity index (χ4n) is 0.916. The van der Waals surface area contributed by atoms with Crippen molar-refractivity contribution >= 4 is 15.9 Å². The van der Waals surface area contributed by atoms with Gasteiger partial charge >= 0.3 is 0 Å². The summed E-state index contributed by atoms with van der Waals surface area (Å²) in [5.41, 5.74) is 6.06. The Kier molecular flexibility index (Phi) is 2.69.